The van der Waals surface area contributed by atoms with Gasteiger partial charge in [-0.1, -0.05) is 60.7 Å². The number of para-hydroxylation sites is 1. The van der Waals surface area contributed by atoms with Crippen molar-refractivity contribution in [2.45, 2.75) is 13.0 Å². The number of nitrogens with zero attached hydrogens (tertiary/aromatic N) is 1. The zero-order chi connectivity index (χ0) is 21.3. The molecule has 1 saturated heterocycles. The van der Waals surface area contributed by atoms with Crippen molar-refractivity contribution in [1.82, 2.24) is 0 Å². The van der Waals surface area contributed by atoms with Gasteiger partial charge in [-0.05, 0) is 30.7 Å². The molecular formula is C25H21NO4. The van der Waals surface area contributed by atoms with Gasteiger partial charge in [-0.2, -0.15) is 0 Å². The van der Waals surface area contributed by atoms with E-state index in [2.05, 4.69) is 0 Å². The molecule has 1 unspecified atom stereocenters. The maximum absolute atomic E-state index is 13.1. The third-order valence-electron chi connectivity index (χ3n) is 5.20. The highest BCUT2D eigenvalue weighted by atomic mass is 16.5. The van der Waals surface area contributed by atoms with Crippen molar-refractivity contribution in [3.8, 4) is 5.75 Å². The molecule has 0 aliphatic carbocycles. The fourth-order valence-electron chi connectivity index (χ4n) is 3.81. The highest BCUT2D eigenvalue weighted by Crippen LogP contribution is 2.44. The molecular weight excluding hydrogens is 378 g/mol. The number of aliphatic hydroxyl groups is 1. The number of amides is 1. The molecule has 1 aliphatic rings. The number of rotatable bonds is 4. The van der Waals surface area contributed by atoms with Crippen LogP contribution >= 0.6 is 0 Å². The smallest absolute Gasteiger partial charge is 0.300 e. The number of hydrogen-bond acceptors (Lipinski definition) is 4. The molecule has 5 heteroatoms. The van der Waals surface area contributed by atoms with Crippen molar-refractivity contribution in [3.05, 3.63) is 101 Å². The topological polar surface area (TPSA) is 66.8 Å². The van der Waals surface area contributed by atoms with Gasteiger partial charge in [0.1, 0.15) is 11.5 Å². The molecule has 1 atom stereocenters. The molecule has 4 rings (SSSR count). The molecule has 30 heavy (non-hydrogen) atoms. The van der Waals surface area contributed by atoms with E-state index in [1.807, 2.05) is 43.3 Å². The molecule has 3 aromatic carbocycles. The molecule has 1 heterocycles. The predicted octanol–water partition coefficient (Wildman–Crippen LogP) is 4.63. The highest BCUT2D eigenvalue weighted by Gasteiger charge is 2.47. The van der Waals surface area contributed by atoms with Crippen LogP contribution in [0.2, 0.25) is 0 Å². The lowest BCUT2D eigenvalue weighted by atomic mass is 9.94. The second-order valence-corrected chi connectivity index (χ2v) is 7.12. The third kappa shape index (κ3) is 3.24. The first-order valence-electron chi connectivity index (χ1n) is 9.59. The van der Waals surface area contributed by atoms with Crippen molar-refractivity contribution in [2.75, 3.05) is 12.0 Å². The molecule has 1 aliphatic heterocycles. The number of carbonyl (C=O) groups is 2. The lowest BCUT2D eigenvalue weighted by Crippen LogP contribution is -2.29. The SMILES string of the molecule is COc1ccccc1C1/C(=C(\O)c2ccccc2)C(=O)C(=O)N1c1cccc(C)c1. The number of hydrogen-bond donors (Lipinski definition) is 1. The zero-order valence-electron chi connectivity index (χ0n) is 16.7. The Labute approximate surface area is 174 Å². The fraction of sp³-hybridized carbons (Fsp3) is 0.120. The van der Waals surface area contributed by atoms with E-state index in [9.17, 15) is 14.7 Å². The molecule has 5 nitrogen and oxygen atoms in total. The quantitative estimate of drug-likeness (QED) is 0.395. The van der Waals surface area contributed by atoms with Crippen molar-refractivity contribution < 1.29 is 19.4 Å². The summed E-state index contributed by atoms with van der Waals surface area (Å²) in [5.41, 5.74) is 2.67. The molecule has 1 N–H and O–H groups in total. The number of carbonyl (C=O) groups excluding carboxylic acids is 2. The summed E-state index contributed by atoms with van der Waals surface area (Å²) in [5.74, 6) is -1.09. The van der Waals surface area contributed by atoms with Gasteiger partial charge < -0.3 is 9.84 Å². The number of aliphatic hydroxyl groups excluding tert-OH is 1. The Bertz CT molecular complexity index is 1150. The largest absolute Gasteiger partial charge is 0.507 e. The lowest BCUT2D eigenvalue weighted by Gasteiger charge is -2.26. The van der Waals surface area contributed by atoms with Gasteiger partial charge in [-0.25, -0.2) is 0 Å². The van der Waals surface area contributed by atoms with E-state index in [1.165, 1.54) is 12.0 Å². The summed E-state index contributed by atoms with van der Waals surface area (Å²) in [4.78, 5) is 27.7. The molecule has 1 fully saturated rings. The molecule has 0 radical (unpaired) electrons. The number of Topliss-reactive ketones (excluding diaryl/α,β-unsaturated/α-hetero) is 1. The van der Waals surface area contributed by atoms with Crippen LogP contribution in [0, 0.1) is 6.92 Å². The normalized spacial score (nSPS) is 17.9. The van der Waals surface area contributed by atoms with Crippen molar-refractivity contribution in [2.24, 2.45) is 0 Å². The Morgan fingerprint density at radius 3 is 2.33 bits per heavy atom. The molecule has 0 aromatic heterocycles. The second-order valence-electron chi connectivity index (χ2n) is 7.12. The van der Waals surface area contributed by atoms with Crippen LogP contribution in [0.3, 0.4) is 0 Å². The zero-order valence-corrected chi connectivity index (χ0v) is 16.7. The average molecular weight is 399 g/mol. The van der Waals surface area contributed by atoms with E-state index < -0.39 is 17.7 Å². The maximum atomic E-state index is 13.1. The van der Waals surface area contributed by atoms with Gasteiger partial charge in [0.15, 0.2) is 0 Å². The number of benzene rings is 3. The summed E-state index contributed by atoms with van der Waals surface area (Å²) in [5, 5.41) is 11.1. The molecule has 0 spiro atoms. The standard InChI is InChI=1S/C25H21NO4/c1-16-9-8-12-18(15-16)26-22(19-13-6-7-14-20(19)30-2)21(24(28)25(26)29)23(27)17-10-4-3-5-11-17/h3-15,22,27H,1-2H3/b23-21+. The second kappa shape index (κ2) is 7.87. The van der Waals surface area contributed by atoms with Crippen molar-refractivity contribution in [1.29, 1.82) is 0 Å². The van der Waals surface area contributed by atoms with Crippen LogP contribution < -0.4 is 9.64 Å². The van der Waals surface area contributed by atoms with E-state index in [-0.39, 0.29) is 11.3 Å². The molecule has 3 aromatic rings. The first kappa shape index (κ1) is 19.5. The van der Waals surface area contributed by atoms with E-state index in [0.29, 0.717) is 22.6 Å². The minimum atomic E-state index is -0.817. The average Bonchev–Trinajstić information content (AvgIpc) is 3.04. The van der Waals surface area contributed by atoms with Gasteiger partial charge in [-0.3, -0.25) is 14.5 Å². The molecule has 0 saturated carbocycles. The van der Waals surface area contributed by atoms with E-state index in [1.54, 1.807) is 42.5 Å². The summed E-state index contributed by atoms with van der Waals surface area (Å²) >= 11 is 0. The van der Waals surface area contributed by atoms with Crippen molar-refractivity contribution in [3.63, 3.8) is 0 Å². The molecule has 150 valence electrons. The Balaban J connectivity index is 2.00. The molecule has 1 amide bonds. The van der Waals surface area contributed by atoms with E-state index >= 15 is 0 Å². The first-order valence-corrected chi connectivity index (χ1v) is 9.59. The van der Waals surface area contributed by atoms with Crippen LogP contribution in [-0.4, -0.2) is 23.9 Å². The minimum Gasteiger partial charge on any atom is -0.507 e. The lowest BCUT2D eigenvalue weighted by molar-refractivity contribution is -0.132. The minimum absolute atomic E-state index is 0.0391. The maximum Gasteiger partial charge on any atom is 0.300 e. The Morgan fingerprint density at radius 2 is 1.63 bits per heavy atom. The number of methoxy groups -OCH3 is 1. The van der Waals surface area contributed by atoms with Crippen molar-refractivity contribution >= 4 is 23.1 Å². The van der Waals surface area contributed by atoms with Crippen LogP contribution in [-0.2, 0) is 9.59 Å². The summed E-state index contributed by atoms with van der Waals surface area (Å²) in [6, 6.07) is 22.5. The van der Waals surface area contributed by atoms with Gasteiger partial charge >= 0.3 is 0 Å². The Morgan fingerprint density at radius 1 is 0.933 bits per heavy atom. The number of aryl methyl sites for hydroxylation is 1. The van der Waals surface area contributed by atoms with Gasteiger partial charge in [0, 0.05) is 16.8 Å². The number of ether oxygens (including phenoxy) is 1. The highest BCUT2D eigenvalue weighted by molar-refractivity contribution is 6.51. The first-order chi connectivity index (χ1) is 14.5. The Hall–Kier alpha value is -3.86. The van der Waals surface area contributed by atoms with Crippen LogP contribution in [0.25, 0.3) is 5.76 Å². The van der Waals surface area contributed by atoms with Crippen LogP contribution in [0.5, 0.6) is 5.75 Å². The van der Waals surface area contributed by atoms with Crippen LogP contribution in [0.1, 0.15) is 22.7 Å². The van der Waals surface area contributed by atoms with Crippen LogP contribution in [0.4, 0.5) is 5.69 Å². The Kier molecular flexibility index (Phi) is 5.11. The number of ketones is 1. The fourth-order valence-corrected chi connectivity index (χ4v) is 3.81. The monoisotopic (exact) mass is 399 g/mol. The summed E-state index contributed by atoms with van der Waals surface area (Å²) in [6.07, 6.45) is 0. The summed E-state index contributed by atoms with van der Waals surface area (Å²) < 4.78 is 5.52. The van der Waals surface area contributed by atoms with Gasteiger partial charge in [0.25, 0.3) is 11.7 Å². The third-order valence-corrected chi connectivity index (χ3v) is 5.20. The summed E-state index contributed by atoms with van der Waals surface area (Å²) in [7, 11) is 1.54. The number of anilines is 1. The van der Waals surface area contributed by atoms with Gasteiger partial charge in [0.05, 0.1) is 18.7 Å². The molecule has 0 bridgehead atoms. The summed E-state index contributed by atoms with van der Waals surface area (Å²) in [6.45, 7) is 1.92. The van der Waals surface area contributed by atoms with Gasteiger partial charge in [-0.15, -0.1) is 0 Å². The van der Waals surface area contributed by atoms with E-state index in [0.717, 1.165) is 5.56 Å². The van der Waals surface area contributed by atoms with E-state index in [4.69, 9.17) is 4.74 Å². The van der Waals surface area contributed by atoms with Gasteiger partial charge in [0.2, 0.25) is 0 Å². The predicted molar refractivity (Wildman–Crippen MR) is 115 cm³/mol. The van der Waals surface area contributed by atoms with Crippen LogP contribution in [0.15, 0.2) is 84.4 Å².